The molecule has 3 heteroatoms. The molecule has 124 valence electrons. The molecule has 0 saturated carbocycles. The monoisotopic (exact) mass is 365 g/mol. The topological polar surface area (TPSA) is 12.0 Å². The van der Waals surface area contributed by atoms with Crippen molar-refractivity contribution in [3.8, 4) is 0 Å². The van der Waals surface area contributed by atoms with Crippen LogP contribution in [0.15, 0.2) is 66.7 Å². The molecule has 3 aromatic carbocycles. The normalized spacial score (nSPS) is 24.0. The molecule has 1 nitrogen and oxygen atoms in total. The molecule has 0 spiro atoms. The van der Waals surface area contributed by atoms with Crippen molar-refractivity contribution in [3.63, 3.8) is 0 Å². The van der Waals surface area contributed by atoms with Crippen molar-refractivity contribution in [2.75, 3.05) is 5.32 Å². The van der Waals surface area contributed by atoms with Crippen molar-refractivity contribution < 1.29 is 0 Å². The number of benzene rings is 3. The van der Waals surface area contributed by atoms with E-state index >= 15 is 0 Å². The van der Waals surface area contributed by atoms with Gasteiger partial charge in [-0.25, -0.2) is 0 Å². The largest absolute Gasteiger partial charge is 0.376 e. The summed E-state index contributed by atoms with van der Waals surface area (Å²) < 4.78 is 0. The van der Waals surface area contributed by atoms with E-state index in [0.29, 0.717) is 21.9 Å². The van der Waals surface area contributed by atoms with E-state index in [-0.39, 0.29) is 6.04 Å². The number of halogens is 2. The van der Waals surface area contributed by atoms with Crippen molar-refractivity contribution in [3.05, 3.63) is 87.9 Å². The first kappa shape index (κ1) is 15.3. The minimum atomic E-state index is 0.234. The maximum Gasteiger partial charge on any atom is 0.0655 e. The maximum absolute atomic E-state index is 6.54. The van der Waals surface area contributed by atoms with Gasteiger partial charge in [0, 0.05) is 10.9 Å². The Morgan fingerprint density at radius 1 is 0.920 bits per heavy atom. The number of nitrogens with one attached hydrogen (secondary N) is 1. The Balaban J connectivity index is 1.70. The zero-order valence-electron chi connectivity index (χ0n) is 13.5. The van der Waals surface area contributed by atoms with Crippen molar-refractivity contribution >= 4 is 39.7 Å². The summed E-state index contributed by atoms with van der Waals surface area (Å²) in [5.74, 6) is 0.837. The smallest absolute Gasteiger partial charge is 0.0655 e. The molecule has 1 aliphatic heterocycles. The van der Waals surface area contributed by atoms with Crippen LogP contribution >= 0.6 is 23.2 Å². The van der Waals surface area contributed by atoms with E-state index in [9.17, 15) is 0 Å². The fourth-order valence-corrected chi connectivity index (χ4v) is 5.01. The van der Waals surface area contributed by atoms with Crippen LogP contribution in [0.3, 0.4) is 0 Å². The molecular weight excluding hydrogens is 349 g/mol. The number of allylic oxidation sites excluding steroid dienone is 2. The first-order chi connectivity index (χ1) is 12.2. The summed E-state index contributed by atoms with van der Waals surface area (Å²) in [5, 5.41) is 7.73. The molecule has 0 bridgehead atoms. The molecule has 5 rings (SSSR count). The first-order valence-electron chi connectivity index (χ1n) is 8.62. The lowest BCUT2D eigenvalue weighted by Crippen LogP contribution is -2.29. The van der Waals surface area contributed by atoms with E-state index in [1.165, 1.54) is 21.9 Å². The summed E-state index contributed by atoms with van der Waals surface area (Å²) in [6.07, 6.45) is 5.67. The third-order valence-corrected chi connectivity index (χ3v) is 6.06. The van der Waals surface area contributed by atoms with Crippen LogP contribution in [0.5, 0.6) is 0 Å². The molecule has 25 heavy (non-hydrogen) atoms. The van der Waals surface area contributed by atoms with Crippen molar-refractivity contribution in [1.82, 2.24) is 0 Å². The fraction of sp³-hybridized carbons (Fsp3) is 0.182. The summed E-state index contributed by atoms with van der Waals surface area (Å²) >= 11 is 12.8. The van der Waals surface area contributed by atoms with Crippen molar-refractivity contribution in [2.45, 2.75) is 18.4 Å². The van der Waals surface area contributed by atoms with Gasteiger partial charge in [0.15, 0.2) is 0 Å². The quantitative estimate of drug-likeness (QED) is 0.459. The zero-order chi connectivity index (χ0) is 17.0. The highest BCUT2D eigenvalue weighted by molar-refractivity contribution is 6.36. The summed E-state index contributed by atoms with van der Waals surface area (Å²) in [4.78, 5) is 0. The van der Waals surface area contributed by atoms with Gasteiger partial charge in [-0.05, 0) is 46.4 Å². The second-order valence-electron chi connectivity index (χ2n) is 6.90. The number of fused-ring (bicyclic) bond motifs is 4. The van der Waals surface area contributed by atoms with E-state index in [2.05, 4.69) is 66.0 Å². The number of anilines is 1. The molecule has 1 aliphatic carbocycles. The van der Waals surface area contributed by atoms with Gasteiger partial charge in [0.25, 0.3) is 0 Å². The highest BCUT2D eigenvalue weighted by atomic mass is 35.5. The molecule has 0 amide bonds. The highest BCUT2D eigenvalue weighted by Crippen LogP contribution is 2.52. The predicted octanol–water partition coefficient (Wildman–Crippen LogP) is 6.97. The highest BCUT2D eigenvalue weighted by Gasteiger charge is 2.39. The number of hydrogen-bond acceptors (Lipinski definition) is 1. The minimum Gasteiger partial charge on any atom is -0.376 e. The summed E-state index contributed by atoms with van der Waals surface area (Å²) in [6, 6.07) is 19.3. The van der Waals surface area contributed by atoms with Crippen LogP contribution in [0.1, 0.15) is 29.5 Å². The molecule has 0 aromatic heterocycles. The SMILES string of the molecule is Clc1cc(Cl)c2c(c1)[C@@H]1C=CC[C@@H]1[C@@H](c1cccc3ccccc13)N2. The Kier molecular flexibility index (Phi) is 3.55. The second-order valence-corrected chi connectivity index (χ2v) is 7.74. The third-order valence-electron chi connectivity index (χ3n) is 5.54. The summed E-state index contributed by atoms with van der Waals surface area (Å²) in [7, 11) is 0. The fourth-order valence-electron chi connectivity index (χ4n) is 4.45. The molecular formula is C22H17Cl2N. The molecule has 3 aromatic rings. The van der Waals surface area contributed by atoms with Gasteiger partial charge < -0.3 is 5.32 Å². The van der Waals surface area contributed by atoms with Crippen LogP contribution in [0.25, 0.3) is 10.8 Å². The molecule has 0 radical (unpaired) electrons. The lowest BCUT2D eigenvalue weighted by molar-refractivity contribution is 0.427. The van der Waals surface area contributed by atoms with E-state index in [0.717, 1.165) is 12.1 Å². The molecule has 0 unspecified atom stereocenters. The Bertz CT molecular complexity index is 1000. The predicted molar refractivity (Wildman–Crippen MR) is 107 cm³/mol. The lowest BCUT2D eigenvalue weighted by Gasteiger charge is -2.38. The summed E-state index contributed by atoms with van der Waals surface area (Å²) in [6.45, 7) is 0. The van der Waals surface area contributed by atoms with Crippen LogP contribution in [0.2, 0.25) is 10.0 Å². The van der Waals surface area contributed by atoms with Crippen LogP contribution in [0, 0.1) is 5.92 Å². The van der Waals surface area contributed by atoms with Crippen LogP contribution in [0.4, 0.5) is 5.69 Å². The Morgan fingerprint density at radius 2 is 1.76 bits per heavy atom. The molecule has 1 N–H and O–H groups in total. The van der Waals surface area contributed by atoms with Gasteiger partial charge in [0.05, 0.1) is 16.8 Å². The average Bonchev–Trinajstić information content (AvgIpc) is 3.11. The molecule has 0 saturated heterocycles. The van der Waals surface area contributed by atoms with Crippen molar-refractivity contribution in [2.24, 2.45) is 5.92 Å². The van der Waals surface area contributed by atoms with Crippen LogP contribution in [-0.2, 0) is 0 Å². The zero-order valence-corrected chi connectivity index (χ0v) is 15.1. The van der Waals surface area contributed by atoms with E-state index in [1.54, 1.807) is 0 Å². The Morgan fingerprint density at radius 3 is 2.68 bits per heavy atom. The lowest BCUT2D eigenvalue weighted by atomic mass is 9.76. The third kappa shape index (κ3) is 2.38. The molecule has 1 heterocycles. The van der Waals surface area contributed by atoms with Gasteiger partial charge in [0.2, 0.25) is 0 Å². The summed E-state index contributed by atoms with van der Waals surface area (Å²) in [5.41, 5.74) is 3.58. The van der Waals surface area contributed by atoms with Crippen LogP contribution < -0.4 is 5.32 Å². The number of rotatable bonds is 1. The molecule has 3 atom stereocenters. The van der Waals surface area contributed by atoms with Gasteiger partial charge in [-0.15, -0.1) is 0 Å². The Labute approximate surface area is 157 Å². The van der Waals surface area contributed by atoms with E-state index < -0.39 is 0 Å². The van der Waals surface area contributed by atoms with E-state index in [4.69, 9.17) is 23.2 Å². The minimum absolute atomic E-state index is 0.234. The van der Waals surface area contributed by atoms with Gasteiger partial charge in [0.1, 0.15) is 0 Å². The van der Waals surface area contributed by atoms with Crippen LogP contribution in [-0.4, -0.2) is 0 Å². The van der Waals surface area contributed by atoms with Crippen molar-refractivity contribution in [1.29, 1.82) is 0 Å². The van der Waals surface area contributed by atoms with Gasteiger partial charge in [-0.3, -0.25) is 0 Å². The maximum atomic E-state index is 6.54. The van der Waals surface area contributed by atoms with Gasteiger partial charge >= 0.3 is 0 Å². The van der Waals surface area contributed by atoms with E-state index in [1.807, 2.05) is 6.07 Å². The Hall–Kier alpha value is -1.96. The second kappa shape index (κ2) is 5.79. The van der Waals surface area contributed by atoms with Gasteiger partial charge in [-0.1, -0.05) is 77.8 Å². The molecule has 0 fully saturated rings. The van der Waals surface area contributed by atoms with Gasteiger partial charge in [-0.2, -0.15) is 0 Å². The first-order valence-corrected chi connectivity index (χ1v) is 9.38. The average molecular weight is 366 g/mol. The number of hydrogen-bond donors (Lipinski definition) is 1. The standard InChI is InChI=1S/C22H17Cl2N/c23-14-11-19-16-8-4-10-18(16)21(25-22(19)20(24)12-14)17-9-3-6-13-5-1-2-7-15(13)17/h1-9,11-12,16,18,21,25H,10H2/t16-,18+,21-/m1/s1. The molecule has 2 aliphatic rings.